The number of aromatic nitrogens is 2. The third-order valence-corrected chi connectivity index (χ3v) is 8.35. The molecule has 4 rings (SSSR count). The number of carbonyl (C=O) groups is 1. The number of pyridine rings is 1. The lowest BCUT2D eigenvalue weighted by Gasteiger charge is -2.19. The van der Waals surface area contributed by atoms with Crippen LogP contribution in [0, 0.1) is 13.8 Å². The van der Waals surface area contributed by atoms with Crippen LogP contribution in [-0.4, -0.2) is 30.0 Å². The molecule has 0 aliphatic carbocycles. The molecule has 0 spiro atoms. The third-order valence-electron chi connectivity index (χ3n) is 5.33. The highest BCUT2D eigenvalue weighted by molar-refractivity contribution is 7.91. The van der Waals surface area contributed by atoms with E-state index in [2.05, 4.69) is 16.0 Å². The Hall–Kier alpha value is -2.81. The van der Waals surface area contributed by atoms with Gasteiger partial charge in [-0.3, -0.25) is 14.7 Å². The number of thiazole rings is 1. The van der Waals surface area contributed by atoms with Gasteiger partial charge in [0.05, 0.1) is 33.1 Å². The Balaban J connectivity index is 1.62. The van der Waals surface area contributed by atoms with Crippen LogP contribution in [0.2, 0.25) is 5.02 Å². The number of halogens is 1. The van der Waals surface area contributed by atoms with Gasteiger partial charge in [0, 0.05) is 17.6 Å². The van der Waals surface area contributed by atoms with Crippen molar-refractivity contribution in [1.29, 1.82) is 0 Å². The van der Waals surface area contributed by atoms with Crippen LogP contribution in [0.25, 0.3) is 10.2 Å². The zero-order valence-corrected chi connectivity index (χ0v) is 20.5. The lowest BCUT2D eigenvalue weighted by molar-refractivity contribution is -0.118. The van der Waals surface area contributed by atoms with Gasteiger partial charge in [-0.25, -0.2) is 13.4 Å². The Morgan fingerprint density at radius 3 is 2.48 bits per heavy atom. The van der Waals surface area contributed by atoms with Gasteiger partial charge >= 0.3 is 0 Å². The molecule has 1 amide bonds. The lowest BCUT2D eigenvalue weighted by atomic mass is 10.1. The van der Waals surface area contributed by atoms with Gasteiger partial charge in [0.2, 0.25) is 5.91 Å². The molecule has 4 aromatic rings. The molecule has 6 nitrogen and oxygen atoms in total. The first-order valence-electron chi connectivity index (χ1n) is 10.3. The minimum absolute atomic E-state index is 0.141. The summed E-state index contributed by atoms with van der Waals surface area (Å²) in [5.74, 6) is -0.638. The molecule has 33 heavy (non-hydrogen) atoms. The molecule has 2 heterocycles. The Labute approximate surface area is 201 Å². The second-order valence-electron chi connectivity index (χ2n) is 7.72. The van der Waals surface area contributed by atoms with Gasteiger partial charge in [-0.15, -0.1) is 0 Å². The number of rotatable bonds is 7. The van der Waals surface area contributed by atoms with Crippen LogP contribution < -0.4 is 4.90 Å². The van der Waals surface area contributed by atoms with Crippen LogP contribution in [0.1, 0.15) is 23.2 Å². The minimum atomic E-state index is -3.64. The van der Waals surface area contributed by atoms with E-state index in [1.807, 2.05) is 32.0 Å². The first kappa shape index (κ1) is 23.4. The van der Waals surface area contributed by atoms with E-state index in [9.17, 15) is 13.2 Å². The zero-order valence-electron chi connectivity index (χ0n) is 18.2. The maximum absolute atomic E-state index is 13.3. The number of benzene rings is 2. The summed E-state index contributed by atoms with van der Waals surface area (Å²) in [5, 5.41) is 0.974. The fourth-order valence-electron chi connectivity index (χ4n) is 3.32. The molecule has 0 radical (unpaired) electrons. The molecular weight excluding hydrogens is 478 g/mol. The Morgan fingerprint density at radius 2 is 1.79 bits per heavy atom. The predicted octanol–water partition coefficient (Wildman–Crippen LogP) is 5.36. The summed E-state index contributed by atoms with van der Waals surface area (Å²) in [6.45, 7) is 4.26. The molecule has 0 aliphatic heterocycles. The number of carbonyl (C=O) groups excluding carboxylic acids is 1. The maximum atomic E-state index is 13.3. The van der Waals surface area contributed by atoms with E-state index in [-0.39, 0.29) is 29.5 Å². The molecule has 0 saturated heterocycles. The fraction of sp³-hybridized carbons (Fsp3) is 0.208. The van der Waals surface area contributed by atoms with Crippen molar-refractivity contribution in [2.24, 2.45) is 0 Å². The van der Waals surface area contributed by atoms with Gasteiger partial charge in [-0.05, 0) is 73.5 Å². The quantitative estimate of drug-likeness (QED) is 0.342. The average Bonchev–Trinajstić information content (AvgIpc) is 3.19. The zero-order chi connectivity index (χ0) is 23.6. The van der Waals surface area contributed by atoms with Gasteiger partial charge in [0.1, 0.15) is 0 Å². The monoisotopic (exact) mass is 499 g/mol. The van der Waals surface area contributed by atoms with Gasteiger partial charge in [-0.1, -0.05) is 29.0 Å². The van der Waals surface area contributed by atoms with E-state index >= 15 is 0 Å². The topological polar surface area (TPSA) is 80.2 Å². The van der Waals surface area contributed by atoms with Crippen LogP contribution in [-0.2, 0) is 21.2 Å². The van der Waals surface area contributed by atoms with Crippen molar-refractivity contribution in [3.8, 4) is 0 Å². The molecule has 170 valence electrons. The molecule has 0 saturated carbocycles. The van der Waals surface area contributed by atoms with Gasteiger partial charge in [-0.2, -0.15) is 0 Å². The molecule has 9 heteroatoms. The number of hydrogen-bond acceptors (Lipinski definition) is 6. The number of amides is 1. The normalized spacial score (nSPS) is 11.6. The molecule has 0 unspecified atom stereocenters. The highest BCUT2D eigenvalue weighted by Gasteiger charge is 2.24. The molecule has 2 aromatic heterocycles. The van der Waals surface area contributed by atoms with E-state index in [1.54, 1.807) is 12.3 Å². The van der Waals surface area contributed by atoms with Crippen molar-refractivity contribution in [1.82, 2.24) is 9.97 Å². The Morgan fingerprint density at radius 1 is 1.06 bits per heavy atom. The summed E-state index contributed by atoms with van der Waals surface area (Å²) >= 11 is 7.27. The summed E-state index contributed by atoms with van der Waals surface area (Å²) < 4.78 is 26.5. The van der Waals surface area contributed by atoms with E-state index < -0.39 is 9.84 Å². The first-order chi connectivity index (χ1) is 15.7. The van der Waals surface area contributed by atoms with Crippen LogP contribution in [0.15, 0.2) is 65.7 Å². The second kappa shape index (κ2) is 9.59. The van der Waals surface area contributed by atoms with Crippen molar-refractivity contribution in [2.75, 3.05) is 10.7 Å². The Kier molecular flexibility index (Phi) is 6.78. The highest BCUT2D eigenvalue weighted by Crippen LogP contribution is 2.32. The van der Waals surface area contributed by atoms with Crippen molar-refractivity contribution < 1.29 is 13.2 Å². The minimum Gasteiger partial charge on any atom is -0.282 e. The summed E-state index contributed by atoms with van der Waals surface area (Å²) in [6, 6.07) is 15.5. The lowest BCUT2D eigenvalue weighted by Crippen LogP contribution is -2.32. The van der Waals surface area contributed by atoms with Gasteiger partial charge in [0.15, 0.2) is 15.0 Å². The van der Waals surface area contributed by atoms with E-state index in [0.717, 1.165) is 21.3 Å². The molecule has 0 fully saturated rings. The molecule has 0 N–H and O–H groups in total. The second-order valence-corrected chi connectivity index (χ2v) is 11.3. The first-order valence-corrected chi connectivity index (χ1v) is 13.1. The molecule has 0 atom stereocenters. The third kappa shape index (κ3) is 5.40. The molecular formula is C24H22ClN3O3S2. The number of hydrogen-bond donors (Lipinski definition) is 0. The van der Waals surface area contributed by atoms with Crippen molar-refractivity contribution >= 4 is 54.0 Å². The summed E-state index contributed by atoms with van der Waals surface area (Å²) in [6.07, 6.45) is 1.49. The SMILES string of the molecule is Cc1cc2nc(N(Cc3ccccn3)C(=O)CCS(=O)(=O)c3ccc(Cl)cc3)sc2cc1C. The molecule has 0 bridgehead atoms. The van der Waals surface area contributed by atoms with E-state index in [4.69, 9.17) is 11.6 Å². The molecule has 0 aliphatic rings. The Bertz CT molecular complexity index is 1360. The van der Waals surface area contributed by atoms with Crippen LogP contribution in [0.3, 0.4) is 0 Å². The van der Waals surface area contributed by atoms with Crippen LogP contribution in [0.5, 0.6) is 0 Å². The van der Waals surface area contributed by atoms with Crippen molar-refractivity contribution in [3.63, 3.8) is 0 Å². The number of anilines is 1. The number of aryl methyl sites for hydroxylation is 2. The summed E-state index contributed by atoms with van der Waals surface area (Å²) in [4.78, 5) is 23.9. The van der Waals surface area contributed by atoms with E-state index in [1.165, 1.54) is 40.5 Å². The van der Waals surface area contributed by atoms with Gasteiger partial charge < -0.3 is 0 Å². The number of fused-ring (bicyclic) bond motifs is 1. The van der Waals surface area contributed by atoms with Crippen molar-refractivity contribution in [3.05, 3.63) is 82.6 Å². The average molecular weight is 500 g/mol. The van der Waals surface area contributed by atoms with Crippen LogP contribution >= 0.6 is 22.9 Å². The van der Waals surface area contributed by atoms with Crippen molar-refractivity contribution in [2.45, 2.75) is 31.7 Å². The van der Waals surface area contributed by atoms with Gasteiger partial charge in [0.25, 0.3) is 0 Å². The number of nitrogens with zero attached hydrogens (tertiary/aromatic N) is 3. The standard InChI is InChI=1S/C24H22ClN3O3S2/c1-16-13-21-22(14-17(16)2)32-24(27-21)28(15-19-5-3-4-11-26-19)23(29)10-12-33(30,31)20-8-6-18(25)7-9-20/h3-9,11,13-14H,10,12,15H2,1-2H3. The smallest absolute Gasteiger partial charge is 0.230 e. The largest absolute Gasteiger partial charge is 0.282 e. The molecule has 2 aromatic carbocycles. The maximum Gasteiger partial charge on any atom is 0.230 e. The fourth-order valence-corrected chi connectivity index (χ4v) is 5.73. The van der Waals surface area contributed by atoms with Crippen LogP contribution in [0.4, 0.5) is 5.13 Å². The van der Waals surface area contributed by atoms with E-state index in [0.29, 0.717) is 15.8 Å². The number of sulfone groups is 1. The predicted molar refractivity (Wildman–Crippen MR) is 133 cm³/mol. The summed E-state index contributed by atoms with van der Waals surface area (Å²) in [7, 11) is -3.64. The summed E-state index contributed by atoms with van der Waals surface area (Å²) in [5.41, 5.74) is 3.77. The highest BCUT2D eigenvalue weighted by atomic mass is 35.5.